The Balaban J connectivity index is 1.68. The highest BCUT2D eigenvalue weighted by Crippen LogP contribution is 2.04. The number of β-amino-alcohol motifs (C(OH)–C–C–N with tert-alkyl or cyclic N) is 1. The predicted molar refractivity (Wildman–Crippen MR) is 72.5 cm³/mol. The van der Waals surface area contributed by atoms with Crippen molar-refractivity contribution in [3.8, 4) is 0 Å². The van der Waals surface area contributed by atoms with Gasteiger partial charge in [-0.25, -0.2) is 0 Å². The molecule has 1 aromatic heterocycles. The first-order valence-electron chi connectivity index (χ1n) is 6.77. The van der Waals surface area contributed by atoms with E-state index in [0.29, 0.717) is 0 Å². The number of hydrogen-bond donors (Lipinski definition) is 1. The van der Waals surface area contributed by atoms with Gasteiger partial charge in [0, 0.05) is 57.6 Å². The molecule has 2 heterocycles. The molecule has 1 aliphatic heterocycles. The lowest BCUT2D eigenvalue weighted by Crippen LogP contribution is -2.48. The summed E-state index contributed by atoms with van der Waals surface area (Å²) < 4.78 is 0. The summed E-state index contributed by atoms with van der Waals surface area (Å²) in [4.78, 5) is 9.16. The number of rotatable bonds is 5. The van der Waals surface area contributed by atoms with Gasteiger partial charge in [0.2, 0.25) is 0 Å². The Hall–Kier alpha value is -0.970. The molecule has 0 saturated carbocycles. The fourth-order valence-corrected chi connectivity index (χ4v) is 2.39. The summed E-state index contributed by atoms with van der Waals surface area (Å²) in [6.45, 7) is 8.06. The van der Waals surface area contributed by atoms with Crippen molar-refractivity contribution in [2.24, 2.45) is 0 Å². The minimum Gasteiger partial charge on any atom is -0.392 e. The van der Waals surface area contributed by atoms with Crippen molar-refractivity contribution in [3.05, 3.63) is 30.1 Å². The highest BCUT2D eigenvalue weighted by Gasteiger charge is 2.17. The normalized spacial score (nSPS) is 19.9. The molecule has 1 atom stereocenters. The Bertz CT molecular complexity index is 334. The number of aliphatic hydroxyl groups is 1. The average molecular weight is 249 g/mol. The first kappa shape index (κ1) is 13.5. The van der Waals surface area contributed by atoms with E-state index in [0.717, 1.165) is 45.7 Å². The number of piperazine rings is 1. The van der Waals surface area contributed by atoms with Crippen LogP contribution in [0.3, 0.4) is 0 Å². The van der Waals surface area contributed by atoms with Gasteiger partial charge in [0.1, 0.15) is 0 Å². The summed E-state index contributed by atoms with van der Waals surface area (Å²) >= 11 is 0. The molecule has 0 aliphatic carbocycles. The third-order valence-corrected chi connectivity index (χ3v) is 3.40. The SMILES string of the molecule is C[C@@H](O)CN1CCN(CCc2ccccn2)CC1. The van der Waals surface area contributed by atoms with Gasteiger partial charge in [-0.1, -0.05) is 6.07 Å². The Morgan fingerprint density at radius 1 is 1.22 bits per heavy atom. The lowest BCUT2D eigenvalue weighted by Gasteiger charge is -2.35. The Morgan fingerprint density at radius 3 is 2.56 bits per heavy atom. The van der Waals surface area contributed by atoms with E-state index < -0.39 is 0 Å². The number of nitrogens with zero attached hydrogens (tertiary/aromatic N) is 3. The summed E-state index contributed by atoms with van der Waals surface area (Å²) in [7, 11) is 0. The van der Waals surface area contributed by atoms with Gasteiger partial charge in [-0.3, -0.25) is 9.88 Å². The first-order chi connectivity index (χ1) is 8.74. The highest BCUT2D eigenvalue weighted by molar-refractivity contribution is 5.03. The predicted octanol–water partition coefficient (Wildman–Crippen LogP) is 0.622. The van der Waals surface area contributed by atoms with Crippen molar-refractivity contribution in [1.29, 1.82) is 0 Å². The van der Waals surface area contributed by atoms with Crippen LogP contribution in [0.25, 0.3) is 0 Å². The van der Waals surface area contributed by atoms with Crippen LogP contribution >= 0.6 is 0 Å². The van der Waals surface area contributed by atoms with E-state index in [9.17, 15) is 5.11 Å². The fourth-order valence-electron chi connectivity index (χ4n) is 2.39. The third kappa shape index (κ3) is 4.37. The Labute approximate surface area is 109 Å². The second-order valence-corrected chi connectivity index (χ2v) is 5.06. The van der Waals surface area contributed by atoms with Gasteiger partial charge < -0.3 is 10.0 Å². The molecule has 1 saturated heterocycles. The van der Waals surface area contributed by atoms with E-state index in [2.05, 4.69) is 20.9 Å². The van der Waals surface area contributed by atoms with Crippen LogP contribution in [0.2, 0.25) is 0 Å². The average Bonchev–Trinajstić information content (AvgIpc) is 2.38. The maximum Gasteiger partial charge on any atom is 0.0639 e. The molecule has 4 nitrogen and oxygen atoms in total. The number of aromatic nitrogens is 1. The summed E-state index contributed by atoms with van der Waals surface area (Å²) in [5.41, 5.74) is 1.17. The van der Waals surface area contributed by atoms with Gasteiger partial charge in [-0.2, -0.15) is 0 Å². The molecule has 0 spiro atoms. The van der Waals surface area contributed by atoms with Crippen LogP contribution in [0.15, 0.2) is 24.4 Å². The molecule has 1 fully saturated rings. The van der Waals surface area contributed by atoms with Crippen LogP contribution in [0.4, 0.5) is 0 Å². The van der Waals surface area contributed by atoms with Gasteiger partial charge >= 0.3 is 0 Å². The molecule has 0 amide bonds. The molecule has 1 N–H and O–H groups in total. The van der Waals surface area contributed by atoms with Crippen LogP contribution < -0.4 is 0 Å². The molecule has 18 heavy (non-hydrogen) atoms. The molecule has 2 rings (SSSR count). The summed E-state index contributed by atoms with van der Waals surface area (Å²) in [5, 5.41) is 9.36. The number of aliphatic hydroxyl groups excluding tert-OH is 1. The van der Waals surface area contributed by atoms with Crippen LogP contribution in [0, 0.1) is 0 Å². The van der Waals surface area contributed by atoms with Crippen molar-refractivity contribution >= 4 is 0 Å². The van der Waals surface area contributed by atoms with Crippen molar-refractivity contribution < 1.29 is 5.11 Å². The zero-order chi connectivity index (χ0) is 12.8. The molecule has 0 unspecified atom stereocenters. The first-order valence-corrected chi connectivity index (χ1v) is 6.77. The second-order valence-electron chi connectivity index (χ2n) is 5.06. The van der Waals surface area contributed by atoms with Crippen molar-refractivity contribution in [2.75, 3.05) is 39.3 Å². The van der Waals surface area contributed by atoms with Gasteiger partial charge in [-0.15, -0.1) is 0 Å². The lowest BCUT2D eigenvalue weighted by molar-refractivity contribution is 0.0812. The maximum absolute atomic E-state index is 9.36. The van der Waals surface area contributed by atoms with Crippen LogP contribution in [-0.2, 0) is 6.42 Å². The fraction of sp³-hybridized carbons (Fsp3) is 0.643. The number of hydrogen-bond acceptors (Lipinski definition) is 4. The molecule has 4 heteroatoms. The highest BCUT2D eigenvalue weighted by atomic mass is 16.3. The summed E-state index contributed by atoms with van der Waals surface area (Å²) in [6, 6.07) is 6.09. The van der Waals surface area contributed by atoms with Crippen LogP contribution in [0.1, 0.15) is 12.6 Å². The van der Waals surface area contributed by atoms with Gasteiger partial charge in [-0.05, 0) is 19.1 Å². The smallest absolute Gasteiger partial charge is 0.0639 e. The molecule has 100 valence electrons. The Morgan fingerprint density at radius 2 is 1.94 bits per heavy atom. The standard InChI is InChI=1S/C14H23N3O/c1-13(18)12-17-10-8-16(9-11-17)7-5-14-4-2-3-6-15-14/h2-4,6,13,18H,5,7-12H2,1H3/t13-/m1/s1. The van der Waals surface area contributed by atoms with E-state index >= 15 is 0 Å². The van der Waals surface area contributed by atoms with E-state index in [1.165, 1.54) is 5.69 Å². The zero-order valence-electron chi connectivity index (χ0n) is 11.1. The monoisotopic (exact) mass is 249 g/mol. The van der Waals surface area contributed by atoms with E-state index in [4.69, 9.17) is 0 Å². The van der Waals surface area contributed by atoms with E-state index in [-0.39, 0.29) is 6.10 Å². The van der Waals surface area contributed by atoms with Gasteiger partial charge in [0.15, 0.2) is 0 Å². The quantitative estimate of drug-likeness (QED) is 0.830. The van der Waals surface area contributed by atoms with Crippen molar-refractivity contribution in [2.45, 2.75) is 19.4 Å². The summed E-state index contributed by atoms with van der Waals surface area (Å²) in [6.07, 6.45) is 2.66. The topological polar surface area (TPSA) is 39.6 Å². The second kappa shape index (κ2) is 6.83. The van der Waals surface area contributed by atoms with Crippen molar-refractivity contribution in [1.82, 2.24) is 14.8 Å². The molecule has 0 radical (unpaired) electrons. The van der Waals surface area contributed by atoms with Gasteiger partial charge in [0.25, 0.3) is 0 Å². The van der Waals surface area contributed by atoms with E-state index in [1.54, 1.807) is 0 Å². The molecule has 0 bridgehead atoms. The van der Waals surface area contributed by atoms with E-state index in [1.807, 2.05) is 25.3 Å². The largest absolute Gasteiger partial charge is 0.392 e. The van der Waals surface area contributed by atoms with Crippen LogP contribution in [-0.4, -0.2) is 65.3 Å². The molecule has 0 aromatic carbocycles. The molecule has 1 aromatic rings. The summed E-state index contributed by atoms with van der Waals surface area (Å²) in [5.74, 6) is 0. The lowest BCUT2D eigenvalue weighted by atomic mass is 10.2. The third-order valence-electron chi connectivity index (χ3n) is 3.40. The van der Waals surface area contributed by atoms with Gasteiger partial charge in [0.05, 0.1) is 6.10 Å². The number of pyridine rings is 1. The molecular weight excluding hydrogens is 226 g/mol. The van der Waals surface area contributed by atoms with Crippen LogP contribution in [0.5, 0.6) is 0 Å². The molecule has 1 aliphatic rings. The minimum absolute atomic E-state index is 0.218. The zero-order valence-corrected chi connectivity index (χ0v) is 11.1. The Kier molecular flexibility index (Phi) is 5.11. The molecular formula is C14H23N3O. The van der Waals surface area contributed by atoms with Crippen molar-refractivity contribution in [3.63, 3.8) is 0 Å². The maximum atomic E-state index is 9.36. The minimum atomic E-state index is -0.218.